The topological polar surface area (TPSA) is 63.2 Å². The van der Waals surface area contributed by atoms with E-state index in [9.17, 15) is 4.79 Å². The summed E-state index contributed by atoms with van der Waals surface area (Å²) in [5.41, 5.74) is 2.69. The van der Waals surface area contributed by atoms with E-state index in [1.165, 1.54) is 0 Å². The quantitative estimate of drug-likeness (QED) is 0.772. The summed E-state index contributed by atoms with van der Waals surface area (Å²) in [5, 5.41) is 6.09. The Kier molecular flexibility index (Phi) is 5.91. The van der Waals surface area contributed by atoms with Gasteiger partial charge in [-0.15, -0.1) is 0 Å². The number of nitrogens with one attached hydrogen (secondary N) is 2. The third kappa shape index (κ3) is 4.56. The molecule has 0 saturated heterocycles. The molecule has 0 bridgehead atoms. The van der Waals surface area contributed by atoms with E-state index in [1.54, 1.807) is 25.4 Å². The van der Waals surface area contributed by atoms with Crippen molar-refractivity contribution in [3.63, 3.8) is 0 Å². The van der Waals surface area contributed by atoms with Crippen molar-refractivity contribution in [1.82, 2.24) is 10.3 Å². The molecule has 0 atom stereocenters. The number of carbonyl (C=O) groups is 1. The number of ether oxygens (including phenoxy) is 1. The summed E-state index contributed by atoms with van der Waals surface area (Å²) in [4.78, 5) is 16.3. The average molecular weight is 299 g/mol. The van der Waals surface area contributed by atoms with Crippen LogP contribution in [0.15, 0.2) is 42.6 Å². The van der Waals surface area contributed by atoms with Crippen molar-refractivity contribution in [2.75, 3.05) is 25.6 Å². The predicted octanol–water partition coefficient (Wildman–Crippen LogP) is 2.90. The number of pyridine rings is 1. The Balaban J connectivity index is 2.00. The fourth-order valence-electron chi connectivity index (χ4n) is 2.01. The van der Waals surface area contributed by atoms with Crippen molar-refractivity contribution in [3.05, 3.63) is 53.7 Å². The minimum Gasteiger partial charge on any atom is -0.385 e. The van der Waals surface area contributed by atoms with Gasteiger partial charge in [0.25, 0.3) is 5.91 Å². The molecule has 0 aliphatic carbocycles. The molecule has 1 aromatic heterocycles. The molecular formula is C17H21N3O2. The monoisotopic (exact) mass is 299 g/mol. The van der Waals surface area contributed by atoms with Crippen LogP contribution < -0.4 is 10.6 Å². The zero-order valence-corrected chi connectivity index (χ0v) is 12.9. The summed E-state index contributed by atoms with van der Waals surface area (Å²) in [6.07, 6.45) is 2.42. The van der Waals surface area contributed by atoms with Crippen LogP contribution >= 0.6 is 0 Å². The van der Waals surface area contributed by atoms with Gasteiger partial charge >= 0.3 is 0 Å². The Morgan fingerprint density at radius 1 is 1.27 bits per heavy atom. The number of hydrogen-bond acceptors (Lipinski definition) is 4. The molecule has 5 nitrogen and oxygen atoms in total. The standard InChI is InChI=1S/C17H21N3O2/c1-13-6-3-4-7-15(13)20-16-12-14(8-10-18-16)17(21)19-9-5-11-22-2/h3-4,6-8,10,12H,5,9,11H2,1-2H3,(H,18,20)(H,19,21). The number of aryl methyl sites for hydroxylation is 1. The maximum Gasteiger partial charge on any atom is 0.251 e. The minimum atomic E-state index is -0.105. The van der Waals surface area contributed by atoms with Gasteiger partial charge in [-0.25, -0.2) is 4.98 Å². The molecule has 2 N–H and O–H groups in total. The van der Waals surface area contributed by atoms with E-state index in [1.807, 2.05) is 31.2 Å². The van der Waals surface area contributed by atoms with Crippen LogP contribution in [0, 0.1) is 6.92 Å². The van der Waals surface area contributed by atoms with E-state index in [2.05, 4.69) is 15.6 Å². The molecule has 1 aromatic carbocycles. The fraction of sp³-hybridized carbons (Fsp3) is 0.294. The van der Waals surface area contributed by atoms with Crippen molar-refractivity contribution in [1.29, 1.82) is 0 Å². The third-order valence-corrected chi connectivity index (χ3v) is 3.24. The highest BCUT2D eigenvalue weighted by Crippen LogP contribution is 2.19. The molecule has 0 aliphatic rings. The number of hydrogen-bond donors (Lipinski definition) is 2. The molecule has 0 spiro atoms. The Labute approximate surface area is 130 Å². The highest BCUT2D eigenvalue weighted by atomic mass is 16.5. The van der Waals surface area contributed by atoms with Crippen LogP contribution in [0.2, 0.25) is 0 Å². The van der Waals surface area contributed by atoms with Gasteiger partial charge < -0.3 is 15.4 Å². The fourth-order valence-corrected chi connectivity index (χ4v) is 2.01. The lowest BCUT2D eigenvalue weighted by Crippen LogP contribution is -2.25. The number of rotatable bonds is 7. The predicted molar refractivity (Wildman–Crippen MR) is 87.5 cm³/mol. The maximum absolute atomic E-state index is 12.1. The van der Waals surface area contributed by atoms with E-state index in [4.69, 9.17) is 4.74 Å². The van der Waals surface area contributed by atoms with Crippen LogP contribution in [-0.4, -0.2) is 31.2 Å². The number of methoxy groups -OCH3 is 1. The number of benzene rings is 1. The van der Waals surface area contributed by atoms with E-state index in [0.717, 1.165) is 17.7 Å². The van der Waals surface area contributed by atoms with E-state index >= 15 is 0 Å². The number of para-hydroxylation sites is 1. The highest BCUT2D eigenvalue weighted by molar-refractivity contribution is 5.94. The van der Waals surface area contributed by atoms with E-state index in [-0.39, 0.29) is 5.91 Å². The van der Waals surface area contributed by atoms with E-state index < -0.39 is 0 Å². The largest absolute Gasteiger partial charge is 0.385 e. The first kappa shape index (κ1) is 16.0. The number of nitrogens with zero attached hydrogens (tertiary/aromatic N) is 1. The number of anilines is 2. The molecule has 1 amide bonds. The lowest BCUT2D eigenvalue weighted by atomic mass is 10.2. The second-order valence-electron chi connectivity index (χ2n) is 4.97. The minimum absolute atomic E-state index is 0.105. The van der Waals surface area contributed by atoms with Gasteiger partial charge in [-0.2, -0.15) is 0 Å². The third-order valence-electron chi connectivity index (χ3n) is 3.24. The summed E-state index contributed by atoms with van der Waals surface area (Å²) in [5.74, 6) is 0.546. The lowest BCUT2D eigenvalue weighted by molar-refractivity contribution is 0.0948. The second-order valence-corrected chi connectivity index (χ2v) is 4.97. The maximum atomic E-state index is 12.1. The lowest BCUT2D eigenvalue weighted by Gasteiger charge is -2.10. The van der Waals surface area contributed by atoms with Crippen molar-refractivity contribution in [3.8, 4) is 0 Å². The van der Waals surface area contributed by atoms with Crippen molar-refractivity contribution >= 4 is 17.4 Å². The summed E-state index contributed by atoms with van der Waals surface area (Å²) in [6.45, 7) is 3.25. The van der Waals surface area contributed by atoms with Gasteiger partial charge in [0.05, 0.1) is 0 Å². The molecule has 1 heterocycles. The normalized spacial score (nSPS) is 10.3. The van der Waals surface area contributed by atoms with Crippen LogP contribution in [0.3, 0.4) is 0 Å². The SMILES string of the molecule is COCCCNC(=O)c1ccnc(Nc2ccccc2C)c1. The van der Waals surface area contributed by atoms with Gasteiger partial charge in [-0.1, -0.05) is 18.2 Å². The number of carbonyl (C=O) groups excluding carboxylic acids is 1. The average Bonchev–Trinajstić information content (AvgIpc) is 2.54. The van der Waals surface area contributed by atoms with Gasteiger partial charge in [-0.3, -0.25) is 4.79 Å². The van der Waals surface area contributed by atoms with Crippen LogP contribution in [0.1, 0.15) is 22.3 Å². The Hall–Kier alpha value is -2.40. The zero-order valence-electron chi connectivity index (χ0n) is 12.9. The Morgan fingerprint density at radius 3 is 2.86 bits per heavy atom. The van der Waals surface area contributed by atoms with Gasteiger partial charge in [0.15, 0.2) is 0 Å². The highest BCUT2D eigenvalue weighted by Gasteiger charge is 2.07. The molecule has 0 radical (unpaired) electrons. The molecule has 116 valence electrons. The number of aromatic nitrogens is 1. The first-order valence-corrected chi connectivity index (χ1v) is 7.26. The summed E-state index contributed by atoms with van der Waals surface area (Å²) in [7, 11) is 1.65. The molecule has 2 rings (SSSR count). The van der Waals surface area contributed by atoms with Crippen LogP contribution in [-0.2, 0) is 4.74 Å². The first-order chi connectivity index (χ1) is 10.7. The molecule has 22 heavy (non-hydrogen) atoms. The molecule has 0 aliphatic heterocycles. The molecule has 5 heteroatoms. The van der Waals surface area contributed by atoms with Gasteiger partial charge in [0.2, 0.25) is 0 Å². The van der Waals surface area contributed by atoms with Crippen molar-refractivity contribution in [2.24, 2.45) is 0 Å². The Bertz CT molecular complexity index is 629. The van der Waals surface area contributed by atoms with Gasteiger partial charge in [0.1, 0.15) is 5.82 Å². The van der Waals surface area contributed by atoms with Gasteiger partial charge in [-0.05, 0) is 37.1 Å². The van der Waals surface area contributed by atoms with E-state index in [0.29, 0.717) is 24.5 Å². The first-order valence-electron chi connectivity index (χ1n) is 7.26. The molecule has 2 aromatic rings. The second kappa shape index (κ2) is 8.14. The van der Waals surface area contributed by atoms with Crippen LogP contribution in [0.25, 0.3) is 0 Å². The Morgan fingerprint density at radius 2 is 2.09 bits per heavy atom. The zero-order chi connectivity index (χ0) is 15.8. The summed E-state index contributed by atoms with van der Waals surface area (Å²) < 4.78 is 4.95. The summed E-state index contributed by atoms with van der Waals surface area (Å²) in [6, 6.07) is 11.4. The molecule has 0 unspecified atom stereocenters. The van der Waals surface area contributed by atoms with Gasteiger partial charge in [0, 0.05) is 37.7 Å². The summed E-state index contributed by atoms with van der Waals surface area (Å²) >= 11 is 0. The van der Waals surface area contributed by atoms with Crippen molar-refractivity contribution < 1.29 is 9.53 Å². The smallest absolute Gasteiger partial charge is 0.251 e. The van der Waals surface area contributed by atoms with Crippen LogP contribution in [0.5, 0.6) is 0 Å². The molecule has 0 saturated carbocycles. The van der Waals surface area contributed by atoms with Crippen LogP contribution in [0.4, 0.5) is 11.5 Å². The van der Waals surface area contributed by atoms with Crippen molar-refractivity contribution in [2.45, 2.75) is 13.3 Å². The number of amides is 1. The molecule has 0 fully saturated rings. The molecular weight excluding hydrogens is 278 g/mol.